The summed E-state index contributed by atoms with van der Waals surface area (Å²) in [6.45, 7) is 0. The summed E-state index contributed by atoms with van der Waals surface area (Å²) in [4.78, 5) is 25.9. The minimum Gasteiger partial charge on any atom is -0.396 e. The fraction of sp³-hybridized carbons (Fsp3) is 0. The van der Waals surface area contributed by atoms with Crippen molar-refractivity contribution in [3.63, 3.8) is 0 Å². The lowest BCUT2D eigenvalue weighted by Gasteiger charge is -2.20. The Morgan fingerprint density at radius 1 is 0.769 bits per heavy atom. The topological polar surface area (TPSA) is 60.2 Å². The van der Waals surface area contributed by atoms with E-state index in [0.29, 0.717) is 16.7 Å². The molecule has 0 aliphatic heterocycles. The van der Waals surface area contributed by atoms with Gasteiger partial charge in [0.25, 0.3) is 0 Å². The number of nitrogen functional groups attached to an aromatic ring is 1. The van der Waals surface area contributed by atoms with Gasteiger partial charge in [0.15, 0.2) is 11.6 Å². The number of ketones is 2. The van der Waals surface area contributed by atoms with Crippen molar-refractivity contribution in [3.05, 3.63) is 99.1 Å². The Labute approximate surface area is 155 Å². The SMILES string of the molecule is Nc1c(Cl)cc2c(c1C#Cc1ccccc1)C(=O)c1ccccc1C2=O. The second-order valence-electron chi connectivity index (χ2n) is 5.89. The zero-order valence-electron chi connectivity index (χ0n) is 13.5. The van der Waals surface area contributed by atoms with Gasteiger partial charge in [0, 0.05) is 22.3 Å². The first-order chi connectivity index (χ1) is 12.6. The van der Waals surface area contributed by atoms with Gasteiger partial charge in [0.05, 0.1) is 21.8 Å². The molecule has 0 heterocycles. The molecule has 0 radical (unpaired) electrons. The molecular formula is C22H12ClNO2. The van der Waals surface area contributed by atoms with E-state index in [4.69, 9.17) is 17.3 Å². The van der Waals surface area contributed by atoms with Crippen molar-refractivity contribution in [3.8, 4) is 11.8 Å². The highest BCUT2D eigenvalue weighted by Crippen LogP contribution is 2.35. The third-order valence-corrected chi connectivity index (χ3v) is 4.62. The fourth-order valence-corrected chi connectivity index (χ4v) is 3.23. The first-order valence-electron chi connectivity index (χ1n) is 7.95. The number of carbonyl (C=O) groups excluding carboxylic acids is 2. The predicted molar refractivity (Wildman–Crippen MR) is 102 cm³/mol. The van der Waals surface area contributed by atoms with Crippen LogP contribution in [0.15, 0.2) is 60.7 Å². The van der Waals surface area contributed by atoms with Gasteiger partial charge in [0.2, 0.25) is 0 Å². The molecule has 1 aliphatic carbocycles. The molecule has 0 saturated heterocycles. The van der Waals surface area contributed by atoms with Gasteiger partial charge in [0.1, 0.15) is 0 Å². The zero-order valence-corrected chi connectivity index (χ0v) is 14.3. The molecule has 1 aliphatic rings. The van der Waals surface area contributed by atoms with Crippen LogP contribution in [0.3, 0.4) is 0 Å². The lowest BCUT2D eigenvalue weighted by atomic mass is 9.81. The van der Waals surface area contributed by atoms with E-state index in [0.717, 1.165) is 5.56 Å². The number of rotatable bonds is 0. The van der Waals surface area contributed by atoms with Crippen LogP contribution in [0.2, 0.25) is 5.02 Å². The quantitative estimate of drug-likeness (QED) is 0.381. The molecule has 0 amide bonds. The highest BCUT2D eigenvalue weighted by atomic mass is 35.5. The van der Waals surface area contributed by atoms with Crippen molar-refractivity contribution in [2.24, 2.45) is 0 Å². The number of benzene rings is 3. The monoisotopic (exact) mass is 357 g/mol. The second kappa shape index (κ2) is 6.18. The summed E-state index contributed by atoms with van der Waals surface area (Å²) in [5, 5.41) is 0.210. The summed E-state index contributed by atoms with van der Waals surface area (Å²) in [6.07, 6.45) is 0. The van der Waals surface area contributed by atoms with Crippen LogP contribution in [0.4, 0.5) is 5.69 Å². The van der Waals surface area contributed by atoms with E-state index >= 15 is 0 Å². The van der Waals surface area contributed by atoms with Crippen LogP contribution in [-0.2, 0) is 0 Å². The van der Waals surface area contributed by atoms with Gasteiger partial charge in [-0.1, -0.05) is 65.9 Å². The van der Waals surface area contributed by atoms with Gasteiger partial charge < -0.3 is 5.73 Å². The number of hydrogen-bond donors (Lipinski definition) is 1. The third-order valence-electron chi connectivity index (χ3n) is 4.31. The molecule has 4 heteroatoms. The molecule has 0 atom stereocenters. The molecule has 3 nitrogen and oxygen atoms in total. The molecule has 3 aromatic rings. The lowest BCUT2D eigenvalue weighted by Crippen LogP contribution is -2.23. The molecule has 0 unspecified atom stereocenters. The molecule has 0 bridgehead atoms. The second-order valence-corrected chi connectivity index (χ2v) is 6.30. The lowest BCUT2D eigenvalue weighted by molar-refractivity contribution is 0.0979. The standard InChI is InChI=1S/C22H12ClNO2/c23-18-12-17-19(22(26)15-9-5-4-8-14(15)21(17)25)16(20(18)24)11-10-13-6-2-1-3-7-13/h1-9,12H,24H2. The maximum atomic E-state index is 13.0. The van der Waals surface area contributed by atoms with Crippen LogP contribution in [0.25, 0.3) is 0 Å². The molecule has 26 heavy (non-hydrogen) atoms. The number of halogens is 1. The van der Waals surface area contributed by atoms with Crippen molar-refractivity contribution in [2.75, 3.05) is 5.73 Å². The van der Waals surface area contributed by atoms with E-state index in [-0.39, 0.29) is 33.4 Å². The molecule has 0 saturated carbocycles. The molecular weight excluding hydrogens is 346 g/mol. The average Bonchev–Trinajstić information content (AvgIpc) is 2.67. The van der Waals surface area contributed by atoms with E-state index in [1.165, 1.54) is 6.07 Å². The molecule has 0 fully saturated rings. The Hall–Kier alpha value is -3.35. The summed E-state index contributed by atoms with van der Waals surface area (Å²) in [5.41, 5.74) is 8.56. The van der Waals surface area contributed by atoms with Crippen molar-refractivity contribution >= 4 is 28.9 Å². The van der Waals surface area contributed by atoms with E-state index in [2.05, 4.69) is 11.8 Å². The molecule has 4 rings (SSSR count). The Kier molecular flexibility index (Phi) is 3.84. The highest BCUT2D eigenvalue weighted by Gasteiger charge is 2.32. The molecule has 0 aromatic heterocycles. The zero-order chi connectivity index (χ0) is 18.3. The summed E-state index contributed by atoms with van der Waals surface area (Å²) in [6, 6.07) is 17.5. The third kappa shape index (κ3) is 2.48. The van der Waals surface area contributed by atoms with E-state index in [9.17, 15) is 9.59 Å². The van der Waals surface area contributed by atoms with Crippen molar-refractivity contribution in [2.45, 2.75) is 0 Å². The number of nitrogens with two attached hydrogens (primary N) is 1. The highest BCUT2D eigenvalue weighted by molar-refractivity contribution is 6.36. The maximum Gasteiger partial charge on any atom is 0.195 e. The van der Waals surface area contributed by atoms with Crippen molar-refractivity contribution in [1.82, 2.24) is 0 Å². The average molecular weight is 358 g/mol. The summed E-state index contributed by atoms with van der Waals surface area (Å²) < 4.78 is 0. The Morgan fingerprint density at radius 3 is 2.08 bits per heavy atom. The van der Waals surface area contributed by atoms with Crippen LogP contribution in [0, 0.1) is 11.8 Å². The minimum atomic E-state index is -0.268. The van der Waals surface area contributed by atoms with Crippen LogP contribution in [0.1, 0.15) is 43.0 Å². The summed E-state index contributed by atoms with van der Waals surface area (Å²) >= 11 is 6.22. The Balaban J connectivity index is 1.98. The summed E-state index contributed by atoms with van der Waals surface area (Å²) in [7, 11) is 0. The number of anilines is 1. The van der Waals surface area contributed by atoms with Crippen molar-refractivity contribution < 1.29 is 9.59 Å². The van der Waals surface area contributed by atoms with Gasteiger partial charge >= 0.3 is 0 Å². The van der Waals surface area contributed by atoms with E-state index < -0.39 is 0 Å². The Bertz CT molecular complexity index is 1140. The first-order valence-corrected chi connectivity index (χ1v) is 8.33. The molecule has 124 valence electrons. The maximum absolute atomic E-state index is 13.0. The molecule has 0 spiro atoms. The van der Waals surface area contributed by atoms with Crippen molar-refractivity contribution in [1.29, 1.82) is 0 Å². The normalized spacial score (nSPS) is 12.0. The van der Waals surface area contributed by atoms with E-state index in [1.807, 2.05) is 30.3 Å². The van der Waals surface area contributed by atoms with Crippen LogP contribution < -0.4 is 5.73 Å². The predicted octanol–water partition coefficient (Wildman–Crippen LogP) is 4.10. The Morgan fingerprint density at radius 2 is 1.38 bits per heavy atom. The first kappa shape index (κ1) is 16.1. The summed E-state index contributed by atoms with van der Waals surface area (Å²) in [5.74, 6) is 5.42. The number of hydrogen-bond acceptors (Lipinski definition) is 3. The van der Waals surface area contributed by atoms with Gasteiger partial charge in [-0.2, -0.15) is 0 Å². The van der Waals surface area contributed by atoms with Crippen LogP contribution in [-0.4, -0.2) is 11.6 Å². The molecule has 2 N–H and O–H groups in total. The van der Waals surface area contributed by atoms with Gasteiger partial charge in [-0.25, -0.2) is 0 Å². The van der Waals surface area contributed by atoms with Crippen LogP contribution in [0.5, 0.6) is 0 Å². The molecule has 3 aromatic carbocycles. The fourth-order valence-electron chi connectivity index (χ4n) is 3.03. The minimum absolute atomic E-state index is 0.203. The van der Waals surface area contributed by atoms with Gasteiger partial charge in [-0.05, 0) is 18.2 Å². The van der Waals surface area contributed by atoms with Gasteiger partial charge in [-0.3, -0.25) is 9.59 Å². The largest absolute Gasteiger partial charge is 0.396 e. The smallest absolute Gasteiger partial charge is 0.195 e. The number of carbonyl (C=O) groups is 2. The van der Waals surface area contributed by atoms with Gasteiger partial charge in [-0.15, -0.1) is 0 Å². The van der Waals surface area contributed by atoms with E-state index in [1.54, 1.807) is 24.3 Å². The number of fused-ring (bicyclic) bond motifs is 2. The van der Waals surface area contributed by atoms with Crippen LogP contribution >= 0.6 is 11.6 Å².